The second-order valence-corrected chi connectivity index (χ2v) is 8.67. The summed E-state index contributed by atoms with van der Waals surface area (Å²) in [5, 5.41) is 8.86. The van der Waals surface area contributed by atoms with Crippen LogP contribution in [0.5, 0.6) is 0 Å². The summed E-state index contributed by atoms with van der Waals surface area (Å²) in [5.74, 6) is -1.12. The molecule has 116 valence electrons. The number of thiophene rings is 1. The molecule has 1 aliphatic heterocycles. The van der Waals surface area contributed by atoms with E-state index in [2.05, 4.69) is 4.72 Å². The first-order valence-electron chi connectivity index (χ1n) is 6.90. The molecule has 1 unspecified atom stereocenters. The van der Waals surface area contributed by atoms with Gasteiger partial charge in [-0.25, -0.2) is 17.9 Å². The zero-order valence-electron chi connectivity index (χ0n) is 11.4. The molecule has 1 saturated carbocycles. The standard InChI is InChI=1S/C13H17NO5S2/c15-12(16)10-3-4-11(20-10)21(17,18)14-9-7-13(19-8-9)5-1-2-6-13/h3-4,9,14H,1-2,5-8H2,(H,15,16). The third kappa shape index (κ3) is 2.98. The summed E-state index contributed by atoms with van der Waals surface area (Å²) in [5.41, 5.74) is -0.144. The molecule has 1 spiro atoms. The van der Waals surface area contributed by atoms with Gasteiger partial charge < -0.3 is 9.84 Å². The first-order valence-corrected chi connectivity index (χ1v) is 9.20. The molecule has 0 radical (unpaired) electrons. The average molecular weight is 331 g/mol. The smallest absolute Gasteiger partial charge is 0.345 e. The van der Waals surface area contributed by atoms with Crippen LogP contribution in [0.15, 0.2) is 16.3 Å². The predicted molar refractivity (Wildman–Crippen MR) is 77.2 cm³/mol. The summed E-state index contributed by atoms with van der Waals surface area (Å²) in [6.07, 6.45) is 4.95. The first-order chi connectivity index (χ1) is 9.90. The summed E-state index contributed by atoms with van der Waals surface area (Å²) in [6.45, 7) is 0.385. The van der Waals surface area contributed by atoms with E-state index in [9.17, 15) is 13.2 Å². The van der Waals surface area contributed by atoms with Crippen LogP contribution in [0.4, 0.5) is 0 Å². The molecule has 2 N–H and O–H groups in total. The average Bonchev–Trinajstić information content (AvgIpc) is 3.12. The molecule has 21 heavy (non-hydrogen) atoms. The Morgan fingerprint density at radius 1 is 1.38 bits per heavy atom. The van der Waals surface area contributed by atoms with E-state index >= 15 is 0 Å². The Balaban J connectivity index is 1.70. The zero-order valence-corrected chi connectivity index (χ0v) is 13.0. The largest absolute Gasteiger partial charge is 0.477 e. The van der Waals surface area contributed by atoms with E-state index in [1.807, 2.05) is 0 Å². The Kier molecular flexibility index (Phi) is 3.81. The third-order valence-electron chi connectivity index (χ3n) is 4.10. The van der Waals surface area contributed by atoms with Crippen molar-refractivity contribution in [2.24, 2.45) is 0 Å². The van der Waals surface area contributed by atoms with E-state index in [1.165, 1.54) is 12.1 Å². The van der Waals surface area contributed by atoms with Crippen LogP contribution in [0.2, 0.25) is 0 Å². The van der Waals surface area contributed by atoms with Gasteiger partial charge in [0.25, 0.3) is 0 Å². The summed E-state index contributed by atoms with van der Waals surface area (Å²) in [4.78, 5) is 10.8. The van der Waals surface area contributed by atoms with E-state index in [1.54, 1.807) is 0 Å². The number of aromatic carboxylic acids is 1. The highest BCUT2D eigenvalue weighted by atomic mass is 32.2. The van der Waals surface area contributed by atoms with E-state index in [0.29, 0.717) is 13.0 Å². The zero-order chi connectivity index (χ0) is 15.1. The number of sulfonamides is 1. The normalized spacial score (nSPS) is 24.7. The maximum Gasteiger partial charge on any atom is 0.345 e. The van der Waals surface area contributed by atoms with Crippen LogP contribution in [0.25, 0.3) is 0 Å². The van der Waals surface area contributed by atoms with E-state index in [4.69, 9.17) is 9.84 Å². The summed E-state index contributed by atoms with van der Waals surface area (Å²) < 4.78 is 33.1. The third-order valence-corrected chi connectivity index (χ3v) is 7.19. The highest BCUT2D eigenvalue weighted by Gasteiger charge is 2.43. The molecule has 1 atom stereocenters. The van der Waals surface area contributed by atoms with Crippen molar-refractivity contribution in [2.75, 3.05) is 6.61 Å². The lowest BCUT2D eigenvalue weighted by Crippen LogP contribution is -2.35. The molecular formula is C13H17NO5S2. The van der Waals surface area contributed by atoms with Gasteiger partial charge in [-0.3, -0.25) is 0 Å². The van der Waals surface area contributed by atoms with Crippen LogP contribution >= 0.6 is 11.3 Å². The quantitative estimate of drug-likeness (QED) is 0.878. The number of nitrogens with one attached hydrogen (secondary N) is 1. The number of rotatable bonds is 4. The van der Waals surface area contributed by atoms with Gasteiger partial charge in [0.1, 0.15) is 9.09 Å². The molecule has 8 heteroatoms. The van der Waals surface area contributed by atoms with Crippen LogP contribution < -0.4 is 4.72 Å². The molecular weight excluding hydrogens is 314 g/mol. The van der Waals surface area contributed by atoms with Gasteiger partial charge in [0.2, 0.25) is 10.0 Å². The SMILES string of the molecule is O=C(O)c1ccc(S(=O)(=O)NC2COC3(CCCC3)C2)s1. The summed E-state index contributed by atoms with van der Waals surface area (Å²) >= 11 is 0.764. The number of carbonyl (C=O) groups is 1. The van der Waals surface area contributed by atoms with Crippen molar-refractivity contribution in [3.8, 4) is 0 Å². The van der Waals surface area contributed by atoms with E-state index in [-0.39, 0.29) is 20.7 Å². The second-order valence-electron chi connectivity index (χ2n) is 5.65. The van der Waals surface area contributed by atoms with Gasteiger partial charge in [-0.05, 0) is 31.4 Å². The minimum absolute atomic E-state index is 0.0188. The first kappa shape index (κ1) is 15.0. The number of carboxylic acid groups (broad SMARTS) is 1. The highest BCUT2D eigenvalue weighted by Crippen LogP contribution is 2.41. The second kappa shape index (κ2) is 5.35. The molecule has 1 aromatic rings. The van der Waals surface area contributed by atoms with E-state index in [0.717, 1.165) is 37.0 Å². The predicted octanol–water partition coefficient (Wildman–Crippen LogP) is 1.83. The van der Waals surface area contributed by atoms with Crippen LogP contribution in [0.1, 0.15) is 41.8 Å². The highest BCUT2D eigenvalue weighted by molar-refractivity contribution is 7.91. The van der Waals surface area contributed by atoms with Gasteiger partial charge in [-0.2, -0.15) is 0 Å². The van der Waals surface area contributed by atoms with Crippen molar-refractivity contribution in [3.63, 3.8) is 0 Å². The van der Waals surface area contributed by atoms with Crippen molar-refractivity contribution in [1.29, 1.82) is 0 Å². The van der Waals surface area contributed by atoms with Crippen molar-refractivity contribution < 1.29 is 23.1 Å². The van der Waals surface area contributed by atoms with Gasteiger partial charge in [0, 0.05) is 6.04 Å². The maximum atomic E-state index is 12.3. The molecule has 3 rings (SSSR count). The topological polar surface area (TPSA) is 92.7 Å². The van der Waals surface area contributed by atoms with Crippen LogP contribution in [0.3, 0.4) is 0 Å². The lowest BCUT2D eigenvalue weighted by Gasteiger charge is -2.21. The molecule has 2 fully saturated rings. The maximum absolute atomic E-state index is 12.3. The molecule has 0 bridgehead atoms. The van der Waals surface area contributed by atoms with Gasteiger partial charge in [-0.15, -0.1) is 11.3 Å². The minimum Gasteiger partial charge on any atom is -0.477 e. The lowest BCUT2D eigenvalue weighted by molar-refractivity contribution is 0.0101. The Morgan fingerprint density at radius 2 is 2.10 bits per heavy atom. The van der Waals surface area contributed by atoms with Crippen molar-refractivity contribution >= 4 is 27.3 Å². The van der Waals surface area contributed by atoms with Gasteiger partial charge in [-0.1, -0.05) is 12.8 Å². The van der Waals surface area contributed by atoms with Crippen LogP contribution in [-0.4, -0.2) is 37.7 Å². The van der Waals surface area contributed by atoms with Gasteiger partial charge >= 0.3 is 5.97 Å². The monoisotopic (exact) mass is 331 g/mol. The lowest BCUT2D eigenvalue weighted by atomic mass is 9.97. The van der Waals surface area contributed by atoms with Gasteiger partial charge in [0.05, 0.1) is 12.2 Å². The molecule has 1 saturated heterocycles. The summed E-state index contributed by atoms with van der Waals surface area (Å²) in [6, 6.07) is 2.41. The fraction of sp³-hybridized carbons (Fsp3) is 0.615. The molecule has 1 aromatic heterocycles. The molecule has 1 aliphatic carbocycles. The van der Waals surface area contributed by atoms with Gasteiger partial charge in [0.15, 0.2) is 0 Å². The summed E-state index contributed by atoms with van der Waals surface area (Å²) in [7, 11) is -3.68. The fourth-order valence-electron chi connectivity index (χ4n) is 3.14. The van der Waals surface area contributed by atoms with Crippen molar-refractivity contribution in [2.45, 2.75) is 48.0 Å². The van der Waals surface area contributed by atoms with Crippen molar-refractivity contribution in [3.05, 3.63) is 17.0 Å². The number of ether oxygens (including phenoxy) is 1. The fourth-order valence-corrected chi connectivity index (χ4v) is 5.53. The Hall–Kier alpha value is -0.960. The van der Waals surface area contributed by atoms with Crippen LogP contribution in [0, 0.1) is 0 Å². The molecule has 6 nitrogen and oxygen atoms in total. The van der Waals surface area contributed by atoms with E-state index < -0.39 is 16.0 Å². The Morgan fingerprint density at radius 3 is 2.71 bits per heavy atom. The number of hydrogen-bond donors (Lipinski definition) is 2. The Labute approximate surface area is 127 Å². The van der Waals surface area contributed by atoms with Crippen molar-refractivity contribution in [1.82, 2.24) is 4.72 Å². The Bertz CT molecular complexity index is 645. The molecule has 0 aromatic carbocycles. The molecule has 2 aliphatic rings. The molecule has 2 heterocycles. The molecule has 0 amide bonds. The number of carboxylic acids is 1. The number of hydrogen-bond acceptors (Lipinski definition) is 5. The van der Waals surface area contributed by atoms with Crippen LogP contribution in [-0.2, 0) is 14.8 Å². The minimum atomic E-state index is -3.68.